The molecule has 0 saturated heterocycles. The molecular formula is C14H17BrN2OS. The smallest absolute Gasteiger partial charge is 0.260 e. The molecule has 1 aromatic heterocycles. The maximum absolute atomic E-state index is 5.35. The number of aromatic nitrogens is 1. The minimum atomic E-state index is 0.336. The minimum absolute atomic E-state index is 0.336. The first kappa shape index (κ1) is 14.6. The molecule has 19 heavy (non-hydrogen) atoms. The largest absolute Gasteiger partial charge is 0.439 e. The van der Waals surface area contributed by atoms with Crippen LogP contribution in [0.4, 0.5) is 0 Å². The molecule has 5 heteroatoms. The number of oxazole rings is 1. The Kier molecular flexibility index (Phi) is 5.07. The topological polar surface area (TPSA) is 38.1 Å². The zero-order valence-electron chi connectivity index (χ0n) is 11.2. The molecule has 102 valence electrons. The molecule has 0 saturated carbocycles. The zero-order valence-corrected chi connectivity index (χ0v) is 13.6. The summed E-state index contributed by atoms with van der Waals surface area (Å²) in [5.74, 6) is 0. The average Bonchev–Trinajstić information content (AvgIpc) is 2.75. The lowest BCUT2D eigenvalue weighted by Crippen LogP contribution is -2.17. The average molecular weight is 341 g/mol. The molecule has 1 atom stereocenters. The molecule has 1 heterocycles. The number of aryl methyl sites for hydroxylation is 1. The maximum Gasteiger partial charge on any atom is 0.260 e. The van der Waals surface area contributed by atoms with Gasteiger partial charge in [-0.2, -0.15) is 0 Å². The Labute approximate surface area is 126 Å². The van der Waals surface area contributed by atoms with Gasteiger partial charge in [-0.1, -0.05) is 28.9 Å². The van der Waals surface area contributed by atoms with Crippen LogP contribution in [-0.4, -0.2) is 11.5 Å². The van der Waals surface area contributed by atoms with E-state index in [1.807, 2.05) is 6.92 Å². The molecule has 0 aliphatic carbocycles. The molecule has 1 N–H and O–H groups in total. The van der Waals surface area contributed by atoms with Crippen molar-refractivity contribution in [3.05, 3.63) is 40.2 Å². The lowest BCUT2D eigenvalue weighted by Gasteiger charge is -2.15. The Morgan fingerprint density at radius 2 is 2.26 bits per heavy atom. The van der Waals surface area contributed by atoms with Crippen LogP contribution in [0.2, 0.25) is 0 Å². The van der Waals surface area contributed by atoms with E-state index in [4.69, 9.17) is 4.42 Å². The number of benzene rings is 1. The molecule has 2 aromatic rings. The van der Waals surface area contributed by atoms with Gasteiger partial charge in [-0.25, -0.2) is 4.98 Å². The van der Waals surface area contributed by atoms with Crippen LogP contribution in [0.3, 0.4) is 0 Å². The third-order valence-electron chi connectivity index (χ3n) is 2.75. The molecule has 0 spiro atoms. The first-order chi connectivity index (χ1) is 9.10. The van der Waals surface area contributed by atoms with Crippen LogP contribution in [0.25, 0.3) is 0 Å². The summed E-state index contributed by atoms with van der Waals surface area (Å²) >= 11 is 5.16. The lowest BCUT2D eigenvalue weighted by atomic mass is 10.1. The summed E-state index contributed by atoms with van der Waals surface area (Å²) in [6.45, 7) is 7.15. The van der Waals surface area contributed by atoms with Gasteiger partial charge in [0.1, 0.15) is 6.26 Å². The molecule has 1 unspecified atom stereocenters. The van der Waals surface area contributed by atoms with Gasteiger partial charge in [0.25, 0.3) is 5.22 Å². The third-order valence-corrected chi connectivity index (χ3v) is 4.29. The summed E-state index contributed by atoms with van der Waals surface area (Å²) < 4.78 is 6.45. The van der Waals surface area contributed by atoms with Crippen LogP contribution in [0.5, 0.6) is 0 Å². The van der Waals surface area contributed by atoms with E-state index < -0.39 is 0 Å². The van der Waals surface area contributed by atoms with E-state index in [1.54, 1.807) is 6.26 Å². The van der Waals surface area contributed by atoms with Crippen LogP contribution in [0.15, 0.2) is 43.5 Å². The van der Waals surface area contributed by atoms with Gasteiger partial charge < -0.3 is 9.73 Å². The Morgan fingerprint density at radius 1 is 1.47 bits per heavy atom. The fourth-order valence-electron chi connectivity index (χ4n) is 1.82. The second-order valence-corrected chi connectivity index (χ2v) is 6.20. The van der Waals surface area contributed by atoms with Crippen LogP contribution in [-0.2, 0) is 0 Å². The second-order valence-electron chi connectivity index (χ2n) is 4.32. The van der Waals surface area contributed by atoms with E-state index in [0.29, 0.717) is 11.3 Å². The van der Waals surface area contributed by atoms with Crippen molar-refractivity contribution in [3.8, 4) is 0 Å². The van der Waals surface area contributed by atoms with Gasteiger partial charge in [0.15, 0.2) is 0 Å². The molecule has 0 bridgehead atoms. The quantitative estimate of drug-likeness (QED) is 0.865. The van der Waals surface area contributed by atoms with Crippen LogP contribution in [0.1, 0.15) is 31.1 Å². The molecule has 0 aliphatic rings. The van der Waals surface area contributed by atoms with Gasteiger partial charge in [-0.15, -0.1) is 0 Å². The summed E-state index contributed by atoms with van der Waals surface area (Å²) in [7, 11) is 0. The van der Waals surface area contributed by atoms with Gasteiger partial charge in [0, 0.05) is 15.4 Å². The number of hydrogen-bond donors (Lipinski definition) is 1. The van der Waals surface area contributed by atoms with Crippen molar-refractivity contribution in [1.29, 1.82) is 0 Å². The normalized spacial score (nSPS) is 12.6. The zero-order chi connectivity index (χ0) is 13.8. The number of nitrogens with one attached hydrogen (secondary N) is 1. The third kappa shape index (κ3) is 3.84. The van der Waals surface area contributed by atoms with Crippen molar-refractivity contribution in [2.45, 2.75) is 36.9 Å². The van der Waals surface area contributed by atoms with E-state index >= 15 is 0 Å². The predicted molar refractivity (Wildman–Crippen MR) is 81.6 cm³/mol. The Hall–Kier alpha value is -0.780. The summed E-state index contributed by atoms with van der Waals surface area (Å²) in [6, 6.07) is 6.67. The summed E-state index contributed by atoms with van der Waals surface area (Å²) in [5.41, 5.74) is 2.16. The number of rotatable bonds is 5. The molecule has 0 amide bonds. The molecule has 0 fully saturated rings. The first-order valence-electron chi connectivity index (χ1n) is 6.23. The summed E-state index contributed by atoms with van der Waals surface area (Å²) in [6.07, 6.45) is 1.67. The van der Waals surface area contributed by atoms with Crippen molar-refractivity contribution in [2.75, 3.05) is 6.54 Å². The Bertz CT molecular complexity index is 556. The number of nitrogens with zero attached hydrogens (tertiary/aromatic N) is 1. The van der Waals surface area contributed by atoms with Crippen molar-refractivity contribution < 1.29 is 4.42 Å². The highest BCUT2D eigenvalue weighted by atomic mass is 79.9. The van der Waals surface area contributed by atoms with Crippen LogP contribution >= 0.6 is 27.7 Å². The summed E-state index contributed by atoms with van der Waals surface area (Å²) in [5, 5.41) is 4.09. The number of hydrogen-bond acceptors (Lipinski definition) is 4. The molecule has 0 aliphatic heterocycles. The van der Waals surface area contributed by atoms with Gasteiger partial charge in [-0.3, -0.25) is 0 Å². The van der Waals surface area contributed by atoms with E-state index in [9.17, 15) is 0 Å². The molecule has 0 radical (unpaired) electrons. The highest BCUT2D eigenvalue weighted by Gasteiger charge is 2.10. The fraction of sp³-hybridized carbons (Fsp3) is 0.357. The standard InChI is InChI=1S/C14H17BrN2OS/c1-4-16-10(3)12-6-5-11(7-13(12)15)19-14-17-9(2)8-18-14/h5-8,10,16H,4H2,1-3H3. The predicted octanol–water partition coefficient (Wildman–Crippen LogP) is 4.57. The first-order valence-corrected chi connectivity index (χ1v) is 7.84. The highest BCUT2D eigenvalue weighted by molar-refractivity contribution is 9.10. The van der Waals surface area contributed by atoms with E-state index in [2.05, 4.69) is 58.3 Å². The molecule has 1 aromatic carbocycles. The fourth-order valence-corrected chi connectivity index (χ4v) is 3.49. The van der Waals surface area contributed by atoms with Crippen LogP contribution < -0.4 is 5.32 Å². The second kappa shape index (κ2) is 6.59. The van der Waals surface area contributed by atoms with Gasteiger partial charge >= 0.3 is 0 Å². The van der Waals surface area contributed by atoms with Gasteiger partial charge in [-0.05, 0) is 49.9 Å². The SMILES string of the molecule is CCNC(C)c1ccc(Sc2nc(C)co2)cc1Br. The van der Waals surface area contributed by atoms with Gasteiger partial charge in [0.2, 0.25) is 0 Å². The Morgan fingerprint density at radius 3 is 2.84 bits per heavy atom. The molecule has 3 nitrogen and oxygen atoms in total. The van der Waals surface area contributed by atoms with Gasteiger partial charge in [0.05, 0.1) is 5.69 Å². The Balaban J connectivity index is 2.14. The van der Waals surface area contributed by atoms with E-state index in [-0.39, 0.29) is 0 Å². The maximum atomic E-state index is 5.35. The lowest BCUT2D eigenvalue weighted by molar-refractivity contribution is 0.454. The monoisotopic (exact) mass is 340 g/mol. The van der Waals surface area contributed by atoms with Crippen molar-refractivity contribution in [1.82, 2.24) is 10.3 Å². The van der Waals surface area contributed by atoms with E-state index in [1.165, 1.54) is 17.3 Å². The van der Waals surface area contributed by atoms with Crippen molar-refractivity contribution >= 4 is 27.7 Å². The molecule has 2 rings (SSSR count). The van der Waals surface area contributed by atoms with Crippen LogP contribution in [0, 0.1) is 6.92 Å². The van der Waals surface area contributed by atoms with E-state index in [0.717, 1.165) is 21.6 Å². The minimum Gasteiger partial charge on any atom is -0.439 e. The molecular weight excluding hydrogens is 324 g/mol. The van der Waals surface area contributed by atoms with Crippen molar-refractivity contribution in [2.24, 2.45) is 0 Å². The number of halogens is 1. The highest BCUT2D eigenvalue weighted by Crippen LogP contribution is 2.32. The van der Waals surface area contributed by atoms with Crippen molar-refractivity contribution in [3.63, 3.8) is 0 Å². The summed E-state index contributed by atoms with van der Waals surface area (Å²) in [4.78, 5) is 5.40.